The zero-order chi connectivity index (χ0) is 11.8. The summed E-state index contributed by atoms with van der Waals surface area (Å²) in [7, 11) is 2.16. The van der Waals surface area contributed by atoms with Crippen molar-refractivity contribution in [3.05, 3.63) is 17.5 Å². The SMILES string of the molecule is CN1CCN(c2ccnc(Cl)n2)CC1(C)C. The highest BCUT2D eigenvalue weighted by Gasteiger charge is 2.31. The van der Waals surface area contributed by atoms with E-state index in [-0.39, 0.29) is 5.54 Å². The Labute approximate surface area is 101 Å². The van der Waals surface area contributed by atoms with E-state index in [1.165, 1.54) is 0 Å². The first-order chi connectivity index (χ1) is 7.49. The summed E-state index contributed by atoms with van der Waals surface area (Å²) in [5.41, 5.74) is 0.162. The molecule has 0 atom stereocenters. The van der Waals surface area contributed by atoms with Crippen LogP contribution in [-0.4, -0.2) is 47.1 Å². The number of halogens is 1. The van der Waals surface area contributed by atoms with E-state index in [0.29, 0.717) is 5.28 Å². The summed E-state index contributed by atoms with van der Waals surface area (Å²) in [6.07, 6.45) is 1.70. The molecule has 16 heavy (non-hydrogen) atoms. The zero-order valence-electron chi connectivity index (χ0n) is 9.94. The lowest BCUT2D eigenvalue weighted by atomic mass is 10.00. The van der Waals surface area contributed by atoms with Gasteiger partial charge in [-0.1, -0.05) is 0 Å². The number of rotatable bonds is 1. The first-order valence-electron chi connectivity index (χ1n) is 5.44. The second-order valence-electron chi connectivity index (χ2n) is 4.84. The van der Waals surface area contributed by atoms with Crippen LogP contribution in [0.2, 0.25) is 5.28 Å². The van der Waals surface area contributed by atoms with Gasteiger partial charge in [-0.25, -0.2) is 9.97 Å². The van der Waals surface area contributed by atoms with Crippen molar-refractivity contribution in [2.75, 3.05) is 31.6 Å². The third-order valence-electron chi connectivity index (χ3n) is 3.25. The monoisotopic (exact) mass is 240 g/mol. The molecule has 1 aliphatic rings. The van der Waals surface area contributed by atoms with Crippen LogP contribution in [0.5, 0.6) is 0 Å². The Balaban J connectivity index is 2.18. The van der Waals surface area contributed by atoms with E-state index in [4.69, 9.17) is 11.6 Å². The van der Waals surface area contributed by atoms with E-state index in [1.807, 2.05) is 6.07 Å². The molecule has 0 amide bonds. The van der Waals surface area contributed by atoms with Crippen molar-refractivity contribution in [2.24, 2.45) is 0 Å². The van der Waals surface area contributed by atoms with Crippen LogP contribution >= 0.6 is 11.6 Å². The summed E-state index contributed by atoms with van der Waals surface area (Å²) in [5, 5.41) is 0.314. The van der Waals surface area contributed by atoms with Crippen LogP contribution in [0.4, 0.5) is 5.82 Å². The van der Waals surface area contributed by atoms with Crippen LogP contribution in [-0.2, 0) is 0 Å². The minimum absolute atomic E-state index is 0.162. The summed E-state index contributed by atoms with van der Waals surface area (Å²) in [4.78, 5) is 12.8. The summed E-state index contributed by atoms with van der Waals surface area (Å²) < 4.78 is 0. The highest BCUT2D eigenvalue weighted by Crippen LogP contribution is 2.23. The quantitative estimate of drug-likeness (QED) is 0.699. The predicted molar refractivity (Wildman–Crippen MR) is 66.0 cm³/mol. The number of piperazine rings is 1. The molecule has 0 aromatic carbocycles. The lowest BCUT2D eigenvalue weighted by Gasteiger charge is -2.45. The standard InChI is InChI=1S/C11H17ClN4/c1-11(2)8-16(7-6-15(11)3)9-4-5-13-10(12)14-9/h4-5H,6-8H2,1-3H3. The van der Waals surface area contributed by atoms with E-state index >= 15 is 0 Å². The first-order valence-corrected chi connectivity index (χ1v) is 5.81. The molecule has 0 bridgehead atoms. The predicted octanol–water partition coefficient (Wildman–Crippen LogP) is 1.66. The Hall–Kier alpha value is -0.870. The van der Waals surface area contributed by atoms with E-state index in [9.17, 15) is 0 Å². The molecule has 5 heteroatoms. The molecule has 1 fully saturated rings. The summed E-state index contributed by atoms with van der Waals surface area (Å²) in [5.74, 6) is 0.918. The second-order valence-corrected chi connectivity index (χ2v) is 5.18. The average Bonchev–Trinajstić information content (AvgIpc) is 2.22. The number of anilines is 1. The van der Waals surface area contributed by atoms with Crippen molar-refractivity contribution in [3.63, 3.8) is 0 Å². The highest BCUT2D eigenvalue weighted by atomic mass is 35.5. The maximum Gasteiger partial charge on any atom is 0.224 e. The van der Waals surface area contributed by atoms with E-state index in [0.717, 1.165) is 25.5 Å². The maximum atomic E-state index is 5.80. The van der Waals surface area contributed by atoms with Crippen molar-refractivity contribution in [1.82, 2.24) is 14.9 Å². The van der Waals surface area contributed by atoms with Gasteiger partial charge in [0.05, 0.1) is 0 Å². The molecule has 88 valence electrons. The summed E-state index contributed by atoms with van der Waals surface area (Å²) >= 11 is 5.80. The fraction of sp³-hybridized carbons (Fsp3) is 0.636. The Bertz CT molecular complexity index is 380. The molecule has 1 saturated heterocycles. The van der Waals surface area contributed by atoms with Crippen LogP contribution in [0, 0.1) is 0 Å². The molecule has 4 nitrogen and oxygen atoms in total. The van der Waals surface area contributed by atoms with Gasteiger partial charge in [0.15, 0.2) is 0 Å². The van der Waals surface area contributed by atoms with Gasteiger partial charge in [0.25, 0.3) is 0 Å². The van der Waals surface area contributed by atoms with Gasteiger partial charge in [-0.05, 0) is 38.6 Å². The molecule has 0 N–H and O–H groups in total. The van der Waals surface area contributed by atoms with E-state index < -0.39 is 0 Å². The topological polar surface area (TPSA) is 32.3 Å². The molecule has 0 spiro atoms. The molecular weight excluding hydrogens is 224 g/mol. The van der Waals surface area contributed by atoms with Crippen molar-refractivity contribution < 1.29 is 0 Å². The Morgan fingerprint density at radius 1 is 1.38 bits per heavy atom. The highest BCUT2D eigenvalue weighted by molar-refractivity contribution is 6.28. The summed E-state index contributed by atoms with van der Waals surface area (Å²) in [6, 6.07) is 1.91. The van der Waals surface area contributed by atoms with Gasteiger partial charge in [0.2, 0.25) is 5.28 Å². The van der Waals surface area contributed by atoms with Crippen molar-refractivity contribution >= 4 is 17.4 Å². The van der Waals surface area contributed by atoms with Gasteiger partial charge in [-0.15, -0.1) is 0 Å². The van der Waals surface area contributed by atoms with Crippen molar-refractivity contribution in [3.8, 4) is 0 Å². The van der Waals surface area contributed by atoms with Crippen LogP contribution in [0.15, 0.2) is 12.3 Å². The molecule has 1 aromatic rings. The molecular formula is C11H17ClN4. The van der Waals surface area contributed by atoms with Gasteiger partial charge in [-0.2, -0.15) is 0 Å². The van der Waals surface area contributed by atoms with Gasteiger partial charge < -0.3 is 4.90 Å². The molecule has 0 unspecified atom stereocenters. The molecule has 0 saturated carbocycles. The van der Waals surface area contributed by atoms with E-state index in [2.05, 4.69) is 40.7 Å². The molecule has 2 rings (SSSR count). The maximum absolute atomic E-state index is 5.80. The van der Waals surface area contributed by atoms with Crippen LogP contribution < -0.4 is 4.90 Å². The Morgan fingerprint density at radius 2 is 2.12 bits per heavy atom. The smallest absolute Gasteiger partial charge is 0.224 e. The van der Waals surface area contributed by atoms with Crippen LogP contribution in [0.3, 0.4) is 0 Å². The lowest BCUT2D eigenvalue weighted by molar-refractivity contribution is 0.138. The van der Waals surface area contributed by atoms with Crippen molar-refractivity contribution in [1.29, 1.82) is 0 Å². The third-order valence-corrected chi connectivity index (χ3v) is 3.43. The molecule has 0 radical (unpaired) electrons. The second kappa shape index (κ2) is 4.18. The Morgan fingerprint density at radius 3 is 2.75 bits per heavy atom. The number of hydrogen-bond acceptors (Lipinski definition) is 4. The van der Waals surface area contributed by atoms with Gasteiger partial charge in [0, 0.05) is 31.4 Å². The number of hydrogen-bond donors (Lipinski definition) is 0. The number of nitrogens with zero attached hydrogens (tertiary/aromatic N) is 4. The van der Waals surface area contributed by atoms with Crippen LogP contribution in [0.1, 0.15) is 13.8 Å². The average molecular weight is 241 g/mol. The lowest BCUT2D eigenvalue weighted by Crippen LogP contribution is -2.57. The van der Waals surface area contributed by atoms with Gasteiger partial charge in [-0.3, -0.25) is 4.90 Å². The Kier molecular flexibility index (Phi) is 3.04. The van der Waals surface area contributed by atoms with Gasteiger partial charge in [0.1, 0.15) is 5.82 Å². The zero-order valence-corrected chi connectivity index (χ0v) is 10.7. The molecule has 1 aromatic heterocycles. The minimum Gasteiger partial charge on any atom is -0.353 e. The molecule has 1 aliphatic heterocycles. The number of aromatic nitrogens is 2. The molecule has 0 aliphatic carbocycles. The van der Waals surface area contributed by atoms with Crippen molar-refractivity contribution in [2.45, 2.75) is 19.4 Å². The first kappa shape index (κ1) is 11.6. The fourth-order valence-corrected chi connectivity index (χ4v) is 2.08. The van der Waals surface area contributed by atoms with E-state index in [1.54, 1.807) is 6.20 Å². The van der Waals surface area contributed by atoms with Gasteiger partial charge >= 0.3 is 0 Å². The number of likely N-dealkylation sites (N-methyl/N-ethyl adjacent to an activating group) is 1. The largest absolute Gasteiger partial charge is 0.353 e. The minimum atomic E-state index is 0.162. The van der Waals surface area contributed by atoms with Crippen LogP contribution in [0.25, 0.3) is 0 Å². The third kappa shape index (κ3) is 2.28. The fourth-order valence-electron chi connectivity index (χ4n) is 1.94. The normalized spacial score (nSPS) is 21.1. The molecule has 2 heterocycles. The summed E-state index contributed by atoms with van der Waals surface area (Å²) in [6.45, 7) is 7.45.